The summed E-state index contributed by atoms with van der Waals surface area (Å²) in [5.74, 6) is 0.737. The van der Waals surface area contributed by atoms with E-state index in [9.17, 15) is 9.59 Å². The Morgan fingerprint density at radius 3 is 2.39 bits per heavy atom. The highest BCUT2D eigenvalue weighted by molar-refractivity contribution is 6.02. The van der Waals surface area contributed by atoms with E-state index in [0.29, 0.717) is 18.8 Å². The standard InChI is InChI=1S/C27H29N3O3/c1-33-24-15-11-21(12-16-24)19-28-26(31)18-20-9-13-23(14-10-20)29-27(32)30-17-5-4-7-22-6-2-3-8-25(22)30/h2-3,6,8-16H,4-5,7,17-19H2,1H3,(H,28,31)(H,29,32). The molecular formula is C27H29N3O3. The van der Waals surface area contributed by atoms with Gasteiger partial charge >= 0.3 is 6.03 Å². The topological polar surface area (TPSA) is 70.7 Å². The summed E-state index contributed by atoms with van der Waals surface area (Å²) in [6.07, 6.45) is 3.34. The molecular weight excluding hydrogens is 414 g/mol. The molecule has 0 saturated carbocycles. The van der Waals surface area contributed by atoms with Crippen LogP contribution < -0.4 is 20.3 Å². The molecule has 4 rings (SSSR count). The van der Waals surface area contributed by atoms with Gasteiger partial charge in [-0.3, -0.25) is 9.69 Å². The number of nitrogens with one attached hydrogen (secondary N) is 2. The number of aryl methyl sites for hydroxylation is 1. The minimum Gasteiger partial charge on any atom is -0.497 e. The smallest absolute Gasteiger partial charge is 0.326 e. The van der Waals surface area contributed by atoms with E-state index in [1.54, 1.807) is 7.11 Å². The van der Waals surface area contributed by atoms with Crippen LogP contribution in [0.15, 0.2) is 72.8 Å². The van der Waals surface area contributed by atoms with Gasteiger partial charge in [-0.15, -0.1) is 0 Å². The predicted molar refractivity (Wildman–Crippen MR) is 131 cm³/mol. The second-order valence-corrected chi connectivity index (χ2v) is 8.17. The summed E-state index contributed by atoms with van der Waals surface area (Å²) < 4.78 is 5.15. The van der Waals surface area contributed by atoms with Crippen LogP contribution in [0.5, 0.6) is 5.75 Å². The highest BCUT2D eigenvalue weighted by Crippen LogP contribution is 2.26. The van der Waals surface area contributed by atoms with Gasteiger partial charge in [0.2, 0.25) is 5.91 Å². The Hall–Kier alpha value is -3.80. The van der Waals surface area contributed by atoms with Crippen molar-refractivity contribution in [1.82, 2.24) is 5.32 Å². The van der Waals surface area contributed by atoms with Gasteiger partial charge in [0.05, 0.1) is 13.5 Å². The van der Waals surface area contributed by atoms with E-state index in [-0.39, 0.29) is 18.4 Å². The molecule has 0 fully saturated rings. The number of carbonyl (C=O) groups excluding carboxylic acids is 2. The lowest BCUT2D eigenvalue weighted by molar-refractivity contribution is -0.120. The molecule has 1 heterocycles. The van der Waals surface area contributed by atoms with Crippen LogP contribution in [0, 0.1) is 0 Å². The summed E-state index contributed by atoms with van der Waals surface area (Å²) in [5, 5.41) is 5.93. The Kier molecular flexibility index (Phi) is 7.25. The van der Waals surface area contributed by atoms with Crippen molar-refractivity contribution in [3.8, 4) is 5.75 Å². The van der Waals surface area contributed by atoms with Gasteiger partial charge in [-0.25, -0.2) is 4.79 Å². The number of ether oxygens (including phenoxy) is 1. The summed E-state index contributed by atoms with van der Waals surface area (Å²) in [7, 11) is 1.63. The third kappa shape index (κ3) is 5.92. The number of carbonyl (C=O) groups is 2. The first kappa shape index (κ1) is 22.4. The van der Waals surface area contributed by atoms with Gasteiger partial charge in [0, 0.05) is 24.5 Å². The van der Waals surface area contributed by atoms with Crippen LogP contribution in [0.1, 0.15) is 29.5 Å². The largest absolute Gasteiger partial charge is 0.497 e. The summed E-state index contributed by atoms with van der Waals surface area (Å²) in [5.41, 5.74) is 4.81. The molecule has 3 amide bonds. The normalized spacial score (nSPS) is 12.9. The maximum atomic E-state index is 12.9. The van der Waals surface area contributed by atoms with Crippen molar-refractivity contribution in [3.63, 3.8) is 0 Å². The molecule has 3 aromatic rings. The average molecular weight is 444 g/mol. The van der Waals surface area contributed by atoms with E-state index in [0.717, 1.165) is 41.8 Å². The molecule has 1 aliphatic heterocycles. The zero-order valence-corrected chi connectivity index (χ0v) is 18.8. The highest BCUT2D eigenvalue weighted by Gasteiger charge is 2.20. The molecule has 3 aromatic carbocycles. The molecule has 0 unspecified atom stereocenters. The molecule has 6 nitrogen and oxygen atoms in total. The number of urea groups is 1. The maximum Gasteiger partial charge on any atom is 0.326 e. The number of hydrogen-bond donors (Lipinski definition) is 2. The molecule has 2 N–H and O–H groups in total. The van der Waals surface area contributed by atoms with Crippen LogP contribution in [-0.2, 0) is 24.2 Å². The second kappa shape index (κ2) is 10.7. The van der Waals surface area contributed by atoms with Crippen molar-refractivity contribution in [3.05, 3.63) is 89.5 Å². The van der Waals surface area contributed by atoms with E-state index in [1.807, 2.05) is 71.6 Å². The van der Waals surface area contributed by atoms with Gasteiger partial charge in [-0.1, -0.05) is 42.5 Å². The van der Waals surface area contributed by atoms with E-state index >= 15 is 0 Å². The molecule has 0 aromatic heterocycles. The summed E-state index contributed by atoms with van der Waals surface area (Å²) in [4.78, 5) is 27.1. The molecule has 0 bridgehead atoms. The highest BCUT2D eigenvalue weighted by atomic mass is 16.5. The summed E-state index contributed by atoms with van der Waals surface area (Å²) >= 11 is 0. The van der Waals surface area contributed by atoms with E-state index in [4.69, 9.17) is 4.74 Å². The monoisotopic (exact) mass is 443 g/mol. The Morgan fingerprint density at radius 2 is 1.64 bits per heavy atom. The van der Waals surface area contributed by atoms with E-state index in [2.05, 4.69) is 16.7 Å². The SMILES string of the molecule is COc1ccc(CNC(=O)Cc2ccc(NC(=O)N3CCCCc4ccccc43)cc2)cc1. The van der Waals surface area contributed by atoms with Crippen LogP contribution in [0.4, 0.5) is 16.2 Å². The van der Waals surface area contributed by atoms with Crippen molar-refractivity contribution in [2.45, 2.75) is 32.2 Å². The third-order valence-electron chi connectivity index (χ3n) is 5.82. The fraction of sp³-hybridized carbons (Fsp3) is 0.259. The Labute approximate surface area is 194 Å². The van der Waals surface area contributed by atoms with Crippen LogP contribution in [0.3, 0.4) is 0 Å². The summed E-state index contributed by atoms with van der Waals surface area (Å²) in [6, 6.07) is 23.0. The fourth-order valence-electron chi connectivity index (χ4n) is 3.99. The Bertz CT molecular complexity index is 1090. The molecule has 0 radical (unpaired) electrons. The number of para-hydroxylation sites is 1. The van der Waals surface area contributed by atoms with Crippen molar-refractivity contribution >= 4 is 23.3 Å². The minimum atomic E-state index is -0.130. The number of anilines is 2. The minimum absolute atomic E-state index is 0.0521. The lowest BCUT2D eigenvalue weighted by atomic mass is 10.1. The van der Waals surface area contributed by atoms with Crippen molar-refractivity contribution < 1.29 is 14.3 Å². The zero-order valence-electron chi connectivity index (χ0n) is 18.8. The van der Waals surface area contributed by atoms with Crippen LogP contribution in [-0.4, -0.2) is 25.6 Å². The van der Waals surface area contributed by atoms with Gasteiger partial charge in [-0.05, 0) is 66.3 Å². The molecule has 0 spiro atoms. The van der Waals surface area contributed by atoms with Crippen molar-refractivity contribution in [2.75, 3.05) is 23.9 Å². The molecule has 0 aliphatic carbocycles. The maximum absolute atomic E-state index is 12.9. The van der Waals surface area contributed by atoms with Crippen molar-refractivity contribution in [2.24, 2.45) is 0 Å². The van der Waals surface area contributed by atoms with Gasteiger partial charge in [0.25, 0.3) is 0 Å². The van der Waals surface area contributed by atoms with Crippen LogP contribution >= 0.6 is 0 Å². The molecule has 6 heteroatoms. The molecule has 33 heavy (non-hydrogen) atoms. The van der Waals surface area contributed by atoms with Crippen LogP contribution in [0.2, 0.25) is 0 Å². The number of amides is 3. The lowest BCUT2D eigenvalue weighted by Gasteiger charge is -2.23. The first-order chi connectivity index (χ1) is 16.1. The number of benzene rings is 3. The number of nitrogens with zero attached hydrogens (tertiary/aromatic N) is 1. The first-order valence-electron chi connectivity index (χ1n) is 11.3. The summed E-state index contributed by atoms with van der Waals surface area (Å²) in [6.45, 7) is 1.17. The van der Waals surface area contributed by atoms with Gasteiger partial charge < -0.3 is 15.4 Å². The number of rotatable bonds is 6. The van der Waals surface area contributed by atoms with E-state index in [1.165, 1.54) is 5.56 Å². The third-order valence-corrected chi connectivity index (χ3v) is 5.82. The van der Waals surface area contributed by atoms with Gasteiger partial charge in [0.15, 0.2) is 0 Å². The molecule has 170 valence electrons. The Balaban J connectivity index is 1.30. The zero-order chi connectivity index (χ0) is 23.0. The fourth-order valence-corrected chi connectivity index (χ4v) is 3.99. The second-order valence-electron chi connectivity index (χ2n) is 8.17. The van der Waals surface area contributed by atoms with Crippen molar-refractivity contribution in [1.29, 1.82) is 0 Å². The molecule has 0 atom stereocenters. The number of hydrogen-bond acceptors (Lipinski definition) is 3. The number of fused-ring (bicyclic) bond motifs is 1. The predicted octanol–water partition coefficient (Wildman–Crippen LogP) is 4.93. The van der Waals surface area contributed by atoms with Crippen LogP contribution in [0.25, 0.3) is 0 Å². The first-order valence-corrected chi connectivity index (χ1v) is 11.3. The van der Waals surface area contributed by atoms with Gasteiger partial charge in [0.1, 0.15) is 5.75 Å². The lowest BCUT2D eigenvalue weighted by Crippen LogP contribution is -2.35. The Morgan fingerprint density at radius 1 is 0.909 bits per heavy atom. The van der Waals surface area contributed by atoms with E-state index < -0.39 is 0 Å². The van der Waals surface area contributed by atoms with Gasteiger partial charge in [-0.2, -0.15) is 0 Å². The molecule has 0 saturated heterocycles. The quantitative estimate of drug-likeness (QED) is 0.568. The average Bonchev–Trinajstić information content (AvgIpc) is 3.07. The number of methoxy groups -OCH3 is 1. The molecule has 1 aliphatic rings.